The summed E-state index contributed by atoms with van der Waals surface area (Å²) in [6, 6.07) is 15.8. The van der Waals surface area contributed by atoms with Crippen molar-refractivity contribution in [1.29, 1.82) is 0 Å². The number of thiazole rings is 1. The summed E-state index contributed by atoms with van der Waals surface area (Å²) in [5.41, 5.74) is 3.32. The molecule has 170 valence electrons. The number of nitrogens with zero attached hydrogens (tertiary/aromatic N) is 3. The van der Waals surface area contributed by atoms with E-state index in [1.165, 1.54) is 16.2 Å². The molecule has 0 spiro atoms. The number of halogens is 1. The molecule has 9 heteroatoms. The van der Waals surface area contributed by atoms with E-state index in [1.54, 1.807) is 42.6 Å². The van der Waals surface area contributed by atoms with Gasteiger partial charge in [0.25, 0.3) is 0 Å². The van der Waals surface area contributed by atoms with E-state index in [1.807, 2.05) is 32.0 Å². The van der Waals surface area contributed by atoms with E-state index in [0.717, 1.165) is 21.3 Å². The molecule has 4 rings (SSSR count). The molecule has 2 aromatic carbocycles. The third kappa shape index (κ3) is 5.24. The molecule has 0 fully saturated rings. The molecule has 0 aliphatic carbocycles. The van der Waals surface area contributed by atoms with Crippen LogP contribution in [0.3, 0.4) is 0 Å². The average molecular weight is 500 g/mol. The number of carbonyl (C=O) groups excluding carboxylic acids is 1. The predicted molar refractivity (Wildman–Crippen MR) is 133 cm³/mol. The maximum atomic E-state index is 13.3. The van der Waals surface area contributed by atoms with E-state index in [2.05, 4.69) is 9.97 Å². The molecule has 0 aliphatic rings. The number of amides is 1. The second-order valence-corrected chi connectivity index (χ2v) is 11.2. The number of benzene rings is 2. The Balaban J connectivity index is 1.63. The molecule has 6 nitrogen and oxygen atoms in total. The Morgan fingerprint density at radius 1 is 1.06 bits per heavy atom. The monoisotopic (exact) mass is 499 g/mol. The normalized spacial score (nSPS) is 11.6. The largest absolute Gasteiger partial charge is 0.282 e. The van der Waals surface area contributed by atoms with Crippen molar-refractivity contribution in [3.63, 3.8) is 0 Å². The molecular weight excluding hydrogens is 478 g/mol. The van der Waals surface area contributed by atoms with Gasteiger partial charge in [0.2, 0.25) is 5.91 Å². The van der Waals surface area contributed by atoms with Gasteiger partial charge in [-0.05, 0) is 49.7 Å². The van der Waals surface area contributed by atoms with Crippen molar-refractivity contribution in [1.82, 2.24) is 9.97 Å². The molecule has 0 saturated heterocycles. The van der Waals surface area contributed by atoms with Crippen LogP contribution >= 0.6 is 22.9 Å². The molecule has 33 heavy (non-hydrogen) atoms. The standard InChI is InChI=1S/C24H22ClN3O3S2/c1-16-6-9-19(10-7-16)33(30,31)14-12-21(29)28(15-18-5-3-4-13-26-18)24-27-22-17(2)8-11-20(25)23(22)32-24/h3-11,13H,12,14-15H2,1-2H3. The van der Waals surface area contributed by atoms with Gasteiger partial charge < -0.3 is 0 Å². The lowest BCUT2D eigenvalue weighted by molar-refractivity contribution is -0.118. The fraction of sp³-hybridized carbons (Fsp3) is 0.208. The molecular formula is C24H22ClN3O3S2. The fourth-order valence-corrected chi connectivity index (χ4v) is 5.91. The number of anilines is 1. The maximum Gasteiger partial charge on any atom is 0.230 e. The molecule has 0 atom stereocenters. The van der Waals surface area contributed by atoms with Gasteiger partial charge >= 0.3 is 0 Å². The molecule has 0 N–H and O–H groups in total. The van der Waals surface area contributed by atoms with Crippen LogP contribution in [0.4, 0.5) is 5.13 Å². The highest BCUT2D eigenvalue weighted by atomic mass is 35.5. The third-order valence-electron chi connectivity index (χ3n) is 5.23. The number of sulfone groups is 1. The summed E-state index contributed by atoms with van der Waals surface area (Å²) < 4.78 is 26.4. The summed E-state index contributed by atoms with van der Waals surface area (Å²) >= 11 is 7.67. The Labute approximate surface area is 201 Å². The number of pyridine rings is 1. The first-order valence-electron chi connectivity index (χ1n) is 10.3. The van der Waals surface area contributed by atoms with E-state index in [9.17, 15) is 13.2 Å². The van der Waals surface area contributed by atoms with Crippen LogP contribution in [0.15, 0.2) is 65.7 Å². The van der Waals surface area contributed by atoms with Gasteiger partial charge in [-0.1, -0.05) is 52.8 Å². The number of hydrogen-bond donors (Lipinski definition) is 0. The van der Waals surface area contributed by atoms with Crippen molar-refractivity contribution in [2.24, 2.45) is 0 Å². The Morgan fingerprint density at radius 3 is 2.48 bits per heavy atom. The predicted octanol–water partition coefficient (Wildman–Crippen LogP) is 5.36. The maximum absolute atomic E-state index is 13.3. The van der Waals surface area contributed by atoms with Gasteiger partial charge in [-0.15, -0.1) is 0 Å². The van der Waals surface area contributed by atoms with Crippen LogP contribution in [-0.4, -0.2) is 30.0 Å². The number of aryl methyl sites for hydroxylation is 2. The molecule has 1 amide bonds. The van der Waals surface area contributed by atoms with Gasteiger partial charge in [-0.25, -0.2) is 13.4 Å². The van der Waals surface area contributed by atoms with Gasteiger partial charge in [0.05, 0.1) is 38.1 Å². The highest BCUT2D eigenvalue weighted by Gasteiger charge is 2.24. The highest BCUT2D eigenvalue weighted by Crippen LogP contribution is 2.36. The van der Waals surface area contributed by atoms with Crippen molar-refractivity contribution in [3.05, 3.63) is 82.6 Å². The molecule has 4 aromatic rings. The first-order chi connectivity index (χ1) is 15.7. The van der Waals surface area contributed by atoms with Crippen LogP contribution in [0.5, 0.6) is 0 Å². The minimum Gasteiger partial charge on any atom is -0.282 e. The zero-order chi connectivity index (χ0) is 23.6. The summed E-state index contributed by atoms with van der Waals surface area (Å²) in [6.07, 6.45) is 1.48. The molecule has 0 unspecified atom stereocenters. The number of fused-ring (bicyclic) bond motifs is 1. The third-order valence-corrected chi connectivity index (χ3v) is 8.50. The quantitative estimate of drug-likeness (QED) is 0.342. The van der Waals surface area contributed by atoms with Crippen molar-refractivity contribution >= 4 is 54.0 Å². The van der Waals surface area contributed by atoms with Gasteiger partial charge in [0.15, 0.2) is 15.0 Å². The van der Waals surface area contributed by atoms with Crippen LogP contribution in [0, 0.1) is 13.8 Å². The average Bonchev–Trinajstić information content (AvgIpc) is 3.26. The summed E-state index contributed by atoms with van der Waals surface area (Å²) in [6.45, 7) is 4.00. The van der Waals surface area contributed by atoms with E-state index in [4.69, 9.17) is 11.6 Å². The van der Waals surface area contributed by atoms with E-state index < -0.39 is 9.84 Å². The summed E-state index contributed by atoms with van der Waals surface area (Å²) in [4.78, 5) is 24.0. The van der Waals surface area contributed by atoms with Crippen LogP contribution in [-0.2, 0) is 21.2 Å². The lowest BCUT2D eigenvalue weighted by atomic mass is 10.2. The Kier molecular flexibility index (Phi) is 6.78. The Hall–Kier alpha value is -2.81. The molecule has 0 radical (unpaired) electrons. The second kappa shape index (κ2) is 9.59. The van der Waals surface area contributed by atoms with Crippen molar-refractivity contribution < 1.29 is 13.2 Å². The number of hydrogen-bond acceptors (Lipinski definition) is 6. The van der Waals surface area contributed by atoms with Crippen LogP contribution in [0.1, 0.15) is 23.2 Å². The van der Waals surface area contributed by atoms with E-state index in [0.29, 0.717) is 15.8 Å². The smallest absolute Gasteiger partial charge is 0.230 e. The first kappa shape index (κ1) is 23.4. The zero-order valence-electron chi connectivity index (χ0n) is 18.2. The fourth-order valence-electron chi connectivity index (χ4n) is 3.34. The zero-order valence-corrected chi connectivity index (χ0v) is 20.5. The van der Waals surface area contributed by atoms with Crippen LogP contribution < -0.4 is 4.90 Å². The van der Waals surface area contributed by atoms with Crippen molar-refractivity contribution in [2.45, 2.75) is 31.7 Å². The van der Waals surface area contributed by atoms with Crippen LogP contribution in [0.25, 0.3) is 10.2 Å². The first-order valence-corrected chi connectivity index (χ1v) is 13.1. The highest BCUT2D eigenvalue weighted by molar-refractivity contribution is 7.91. The Morgan fingerprint density at radius 2 is 1.82 bits per heavy atom. The molecule has 2 heterocycles. The van der Waals surface area contributed by atoms with E-state index >= 15 is 0 Å². The second-order valence-electron chi connectivity index (χ2n) is 7.72. The summed E-state index contributed by atoms with van der Waals surface area (Å²) in [5.74, 6) is -0.637. The van der Waals surface area contributed by atoms with Gasteiger partial charge in [0.1, 0.15) is 0 Å². The number of rotatable bonds is 7. The molecule has 0 saturated carbocycles. The lowest BCUT2D eigenvalue weighted by Gasteiger charge is -2.19. The molecule has 0 aliphatic heterocycles. The summed E-state index contributed by atoms with van der Waals surface area (Å²) in [7, 11) is -3.60. The number of aromatic nitrogens is 2. The van der Waals surface area contributed by atoms with Gasteiger partial charge in [0, 0.05) is 12.6 Å². The lowest BCUT2D eigenvalue weighted by Crippen LogP contribution is -2.32. The van der Waals surface area contributed by atoms with E-state index in [-0.39, 0.29) is 29.5 Å². The minimum atomic E-state index is -3.60. The topological polar surface area (TPSA) is 80.2 Å². The number of carbonyl (C=O) groups is 1. The SMILES string of the molecule is Cc1ccc(S(=O)(=O)CCC(=O)N(Cc2ccccn2)c2nc3c(C)ccc(Cl)c3s2)cc1. The van der Waals surface area contributed by atoms with Gasteiger partial charge in [-0.3, -0.25) is 14.7 Å². The van der Waals surface area contributed by atoms with Crippen molar-refractivity contribution in [2.75, 3.05) is 10.7 Å². The van der Waals surface area contributed by atoms with Gasteiger partial charge in [-0.2, -0.15) is 0 Å². The molecule has 0 bridgehead atoms. The Bertz CT molecular complexity index is 1360. The molecule has 2 aromatic heterocycles. The summed E-state index contributed by atoms with van der Waals surface area (Å²) in [5, 5.41) is 1.02. The van der Waals surface area contributed by atoms with Crippen molar-refractivity contribution in [3.8, 4) is 0 Å². The van der Waals surface area contributed by atoms with Crippen LogP contribution in [0.2, 0.25) is 5.02 Å². The minimum absolute atomic E-state index is 0.175.